The Labute approximate surface area is 121 Å². The highest BCUT2D eigenvalue weighted by Gasteiger charge is 2.53. The van der Waals surface area contributed by atoms with Gasteiger partial charge in [0.25, 0.3) is 0 Å². The molecule has 1 saturated carbocycles. The fraction of sp³-hybridized carbons (Fsp3) is 0.571. The van der Waals surface area contributed by atoms with E-state index in [1.807, 2.05) is 0 Å². The highest BCUT2D eigenvalue weighted by atomic mass is 79.9. The van der Waals surface area contributed by atoms with Crippen LogP contribution in [0.1, 0.15) is 33.1 Å². The summed E-state index contributed by atoms with van der Waals surface area (Å²) in [5, 5.41) is 0.393. The first-order valence-electron chi connectivity index (χ1n) is 6.29. The summed E-state index contributed by atoms with van der Waals surface area (Å²) < 4.78 is 19.5. The second kappa shape index (κ2) is 5.38. The molecule has 0 saturated heterocycles. The summed E-state index contributed by atoms with van der Waals surface area (Å²) in [6, 6.07) is 4.56. The molecular weight excluding hydrogens is 319 g/mol. The monoisotopic (exact) mass is 334 g/mol. The molecule has 1 nitrogen and oxygen atoms in total. The molecule has 1 aromatic carbocycles. The molecule has 1 aliphatic rings. The molecule has 1 fully saturated rings. The molecule has 2 rings (SSSR count). The lowest BCUT2D eigenvalue weighted by atomic mass is 9.62. The number of hydrogen-bond acceptors (Lipinski definition) is 1. The van der Waals surface area contributed by atoms with Crippen molar-refractivity contribution >= 4 is 27.5 Å². The Bertz CT molecular complexity index is 434. The Hall–Kier alpha value is -0.280. The summed E-state index contributed by atoms with van der Waals surface area (Å²) in [7, 11) is 0. The first-order valence-corrected chi connectivity index (χ1v) is 7.58. The van der Waals surface area contributed by atoms with Gasteiger partial charge in [0.15, 0.2) is 11.6 Å². The molecule has 1 aromatic rings. The molecule has 0 aromatic heterocycles. The van der Waals surface area contributed by atoms with E-state index < -0.39 is 0 Å². The lowest BCUT2D eigenvalue weighted by Gasteiger charge is -2.52. The van der Waals surface area contributed by atoms with Crippen LogP contribution in [0.25, 0.3) is 0 Å². The van der Waals surface area contributed by atoms with Gasteiger partial charge in [-0.05, 0) is 37.5 Å². The minimum absolute atomic E-state index is 0.0764. The Kier molecular flexibility index (Phi) is 4.22. The van der Waals surface area contributed by atoms with Gasteiger partial charge in [0.2, 0.25) is 0 Å². The van der Waals surface area contributed by atoms with Crippen LogP contribution in [0, 0.1) is 11.2 Å². The van der Waals surface area contributed by atoms with Crippen molar-refractivity contribution in [3.63, 3.8) is 0 Å². The Balaban J connectivity index is 2.15. The zero-order valence-corrected chi connectivity index (χ0v) is 12.9. The van der Waals surface area contributed by atoms with Gasteiger partial charge in [-0.3, -0.25) is 0 Å². The largest absolute Gasteiger partial charge is 0.487 e. The van der Waals surface area contributed by atoms with Crippen LogP contribution in [0.3, 0.4) is 0 Å². The fourth-order valence-corrected chi connectivity index (χ4v) is 4.18. The number of rotatable bonds is 4. The lowest BCUT2D eigenvalue weighted by molar-refractivity contribution is -0.0429. The van der Waals surface area contributed by atoms with E-state index in [9.17, 15) is 4.39 Å². The molecule has 1 aliphatic carbocycles. The average molecular weight is 336 g/mol. The van der Waals surface area contributed by atoms with Crippen LogP contribution in [-0.2, 0) is 0 Å². The van der Waals surface area contributed by atoms with E-state index in [0.717, 1.165) is 19.3 Å². The molecule has 0 aliphatic heterocycles. The van der Waals surface area contributed by atoms with Crippen LogP contribution in [0.15, 0.2) is 18.2 Å². The van der Waals surface area contributed by atoms with Crippen molar-refractivity contribution in [1.82, 2.24) is 0 Å². The number of halogens is 3. The van der Waals surface area contributed by atoms with E-state index in [4.69, 9.17) is 16.3 Å². The van der Waals surface area contributed by atoms with Crippen LogP contribution in [0.4, 0.5) is 4.39 Å². The first kappa shape index (κ1) is 14.1. The standard InChI is InChI=1S/C14H17BrClFO/c1-3-14(4-2)12(15)8-13(14)18-11-6-5-9(16)7-10(11)17/h5-7,12-13H,3-4,8H2,1-2H3. The molecule has 2 atom stereocenters. The SMILES string of the molecule is CCC1(CC)C(Br)CC1Oc1ccc(Cl)cc1F. The minimum atomic E-state index is -0.387. The number of ether oxygens (including phenoxy) is 1. The van der Waals surface area contributed by atoms with Gasteiger partial charge in [0.1, 0.15) is 6.10 Å². The van der Waals surface area contributed by atoms with Gasteiger partial charge in [-0.2, -0.15) is 0 Å². The van der Waals surface area contributed by atoms with E-state index >= 15 is 0 Å². The summed E-state index contributed by atoms with van der Waals surface area (Å²) >= 11 is 9.43. The smallest absolute Gasteiger partial charge is 0.166 e. The normalized spacial score (nSPS) is 25.6. The van der Waals surface area contributed by atoms with Crippen molar-refractivity contribution in [2.45, 2.75) is 44.0 Å². The highest BCUT2D eigenvalue weighted by Crippen LogP contribution is 2.52. The Morgan fingerprint density at radius 2 is 2.11 bits per heavy atom. The highest BCUT2D eigenvalue weighted by molar-refractivity contribution is 9.09. The number of alkyl halides is 1. The quantitative estimate of drug-likeness (QED) is 0.687. The zero-order chi connectivity index (χ0) is 13.3. The molecule has 100 valence electrons. The van der Waals surface area contributed by atoms with E-state index in [2.05, 4.69) is 29.8 Å². The molecule has 0 spiro atoms. The van der Waals surface area contributed by atoms with Crippen LogP contribution in [0.5, 0.6) is 5.75 Å². The number of hydrogen-bond donors (Lipinski definition) is 0. The average Bonchev–Trinajstić information content (AvgIpc) is 2.33. The van der Waals surface area contributed by atoms with Gasteiger partial charge < -0.3 is 4.74 Å². The third-order valence-corrected chi connectivity index (χ3v) is 5.69. The fourth-order valence-electron chi connectivity index (χ4n) is 2.74. The predicted octanol–water partition coefficient (Wildman–Crippen LogP) is 5.20. The van der Waals surface area contributed by atoms with Crippen molar-refractivity contribution in [1.29, 1.82) is 0 Å². The van der Waals surface area contributed by atoms with Gasteiger partial charge in [0, 0.05) is 15.3 Å². The van der Waals surface area contributed by atoms with Gasteiger partial charge in [-0.15, -0.1) is 0 Å². The summed E-state index contributed by atoms with van der Waals surface area (Å²) in [5.41, 5.74) is 0.117. The maximum Gasteiger partial charge on any atom is 0.166 e. The summed E-state index contributed by atoms with van der Waals surface area (Å²) in [4.78, 5) is 0.459. The second-order valence-electron chi connectivity index (χ2n) is 4.82. The van der Waals surface area contributed by atoms with Gasteiger partial charge in [-0.25, -0.2) is 4.39 Å². The predicted molar refractivity (Wildman–Crippen MR) is 76.2 cm³/mol. The zero-order valence-electron chi connectivity index (χ0n) is 10.6. The van der Waals surface area contributed by atoms with Crippen molar-refractivity contribution in [3.05, 3.63) is 29.0 Å². The molecule has 0 bridgehead atoms. The van der Waals surface area contributed by atoms with Crippen LogP contribution >= 0.6 is 27.5 Å². The summed E-state index contributed by atoms with van der Waals surface area (Å²) in [5.74, 6) is -0.0864. The Morgan fingerprint density at radius 1 is 1.44 bits per heavy atom. The molecule has 0 amide bonds. The summed E-state index contributed by atoms with van der Waals surface area (Å²) in [6.07, 6.45) is 3.05. The van der Waals surface area contributed by atoms with Crippen molar-refractivity contribution in [2.75, 3.05) is 0 Å². The van der Waals surface area contributed by atoms with Crippen molar-refractivity contribution < 1.29 is 9.13 Å². The molecule has 2 unspecified atom stereocenters. The first-order chi connectivity index (χ1) is 8.53. The molecule has 0 N–H and O–H groups in total. The van der Waals surface area contributed by atoms with Crippen LogP contribution in [0.2, 0.25) is 5.02 Å². The molecule has 18 heavy (non-hydrogen) atoms. The van der Waals surface area contributed by atoms with Crippen LogP contribution < -0.4 is 4.74 Å². The molecule has 0 radical (unpaired) electrons. The van der Waals surface area contributed by atoms with Gasteiger partial charge in [0.05, 0.1) is 0 Å². The van der Waals surface area contributed by atoms with Crippen LogP contribution in [-0.4, -0.2) is 10.9 Å². The third kappa shape index (κ3) is 2.27. The van der Waals surface area contributed by atoms with Gasteiger partial charge >= 0.3 is 0 Å². The van der Waals surface area contributed by atoms with Gasteiger partial charge in [-0.1, -0.05) is 41.4 Å². The molecule has 4 heteroatoms. The van der Waals surface area contributed by atoms with Crippen molar-refractivity contribution in [2.24, 2.45) is 5.41 Å². The van der Waals surface area contributed by atoms with Crippen molar-refractivity contribution in [3.8, 4) is 5.75 Å². The van der Waals surface area contributed by atoms with E-state index in [1.165, 1.54) is 6.07 Å². The number of benzene rings is 1. The topological polar surface area (TPSA) is 9.23 Å². The van der Waals surface area contributed by atoms with E-state index in [1.54, 1.807) is 12.1 Å². The maximum absolute atomic E-state index is 13.7. The summed E-state index contributed by atoms with van der Waals surface area (Å²) in [6.45, 7) is 4.32. The third-order valence-electron chi connectivity index (χ3n) is 4.17. The second-order valence-corrected chi connectivity index (χ2v) is 6.37. The Morgan fingerprint density at radius 3 is 2.61 bits per heavy atom. The molecular formula is C14H17BrClFO. The minimum Gasteiger partial charge on any atom is -0.487 e. The maximum atomic E-state index is 13.7. The van der Waals surface area contributed by atoms with E-state index in [0.29, 0.717) is 15.6 Å². The molecule has 0 heterocycles. The van der Waals surface area contributed by atoms with E-state index in [-0.39, 0.29) is 17.3 Å². The lowest BCUT2D eigenvalue weighted by Crippen LogP contribution is -2.56.